The van der Waals surface area contributed by atoms with Crippen molar-refractivity contribution in [3.8, 4) is 5.75 Å². The maximum Gasteiger partial charge on any atom is 0.410 e. The van der Waals surface area contributed by atoms with Crippen molar-refractivity contribution in [1.29, 1.82) is 0 Å². The fourth-order valence-electron chi connectivity index (χ4n) is 4.37. The second-order valence-corrected chi connectivity index (χ2v) is 8.90. The molecule has 6 heteroatoms. The Morgan fingerprint density at radius 2 is 1.93 bits per heavy atom. The molecule has 2 saturated heterocycles. The molecule has 3 aliphatic rings. The Labute approximate surface area is 172 Å². The van der Waals surface area contributed by atoms with Gasteiger partial charge in [0.05, 0.1) is 13.2 Å². The summed E-state index contributed by atoms with van der Waals surface area (Å²) in [5, 5.41) is 0.833. The van der Waals surface area contributed by atoms with Crippen LogP contribution in [0.15, 0.2) is 18.2 Å². The highest BCUT2D eigenvalue weighted by atomic mass is 35.5. The summed E-state index contributed by atoms with van der Waals surface area (Å²) in [6.07, 6.45) is 5.75. The quantitative estimate of drug-likeness (QED) is 0.648. The lowest BCUT2D eigenvalue weighted by Crippen LogP contribution is -2.40. The van der Waals surface area contributed by atoms with Crippen molar-refractivity contribution in [3.63, 3.8) is 0 Å². The van der Waals surface area contributed by atoms with Gasteiger partial charge in [-0.05, 0) is 87.7 Å². The zero-order valence-corrected chi connectivity index (χ0v) is 17.5. The molecule has 0 aromatic heterocycles. The Hall–Kier alpha value is -1.46. The molecule has 1 aromatic carbocycles. The summed E-state index contributed by atoms with van der Waals surface area (Å²) in [5.41, 5.74) is 1.19. The second kappa shape index (κ2) is 8.91. The first-order valence-corrected chi connectivity index (χ1v) is 11.1. The van der Waals surface area contributed by atoms with Crippen molar-refractivity contribution in [1.82, 2.24) is 9.80 Å². The summed E-state index contributed by atoms with van der Waals surface area (Å²) >= 11 is 6.41. The summed E-state index contributed by atoms with van der Waals surface area (Å²) < 4.78 is 11.2. The van der Waals surface area contributed by atoms with Crippen molar-refractivity contribution in [2.24, 2.45) is 11.8 Å². The van der Waals surface area contributed by atoms with E-state index in [9.17, 15) is 4.79 Å². The third-order valence-electron chi connectivity index (χ3n) is 6.13. The van der Waals surface area contributed by atoms with Gasteiger partial charge in [0.25, 0.3) is 0 Å². The molecular formula is C22H31ClN2O3. The molecule has 4 rings (SSSR count). The van der Waals surface area contributed by atoms with E-state index < -0.39 is 0 Å². The molecule has 5 nitrogen and oxygen atoms in total. The van der Waals surface area contributed by atoms with Crippen molar-refractivity contribution < 1.29 is 14.3 Å². The van der Waals surface area contributed by atoms with E-state index in [0.717, 1.165) is 68.7 Å². The molecular weight excluding hydrogens is 376 g/mol. The van der Waals surface area contributed by atoms with Crippen LogP contribution in [0, 0.1) is 11.8 Å². The first-order chi connectivity index (χ1) is 13.6. The Kier molecular flexibility index (Phi) is 6.32. The zero-order valence-electron chi connectivity index (χ0n) is 16.7. The smallest absolute Gasteiger partial charge is 0.410 e. The molecule has 0 radical (unpaired) electrons. The minimum Gasteiger partial charge on any atom is -0.494 e. The fourth-order valence-corrected chi connectivity index (χ4v) is 4.56. The monoisotopic (exact) mass is 406 g/mol. The SMILES string of the molecule is CCOc1ccc(Cl)c(CC2CCN(CC3CN(CC4CC4)C(=O)O3)CC2)c1. The number of piperidine rings is 1. The average Bonchev–Trinajstić information content (AvgIpc) is 3.43. The molecule has 1 aromatic rings. The number of hydrogen-bond acceptors (Lipinski definition) is 4. The van der Waals surface area contributed by atoms with Crippen molar-refractivity contribution in [3.05, 3.63) is 28.8 Å². The standard InChI is InChI=1S/C22H31ClN2O3/c1-2-27-19-5-6-21(23)18(12-19)11-16-7-9-24(10-8-16)14-20-15-25(22(26)28-20)13-17-3-4-17/h5-6,12,16-17,20H,2-4,7-11,13-15H2,1H3. The van der Waals surface area contributed by atoms with Gasteiger partial charge in [0.1, 0.15) is 11.9 Å². The van der Waals surface area contributed by atoms with Gasteiger partial charge in [0.2, 0.25) is 0 Å². The molecule has 28 heavy (non-hydrogen) atoms. The van der Waals surface area contributed by atoms with E-state index in [2.05, 4.69) is 11.0 Å². The normalized spacial score (nSPS) is 23.9. The van der Waals surface area contributed by atoms with E-state index in [0.29, 0.717) is 12.5 Å². The van der Waals surface area contributed by atoms with Crippen LogP contribution >= 0.6 is 11.6 Å². The summed E-state index contributed by atoms with van der Waals surface area (Å²) in [4.78, 5) is 16.4. The van der Waals surface area contributed by atoms with E-state index >= 15 is 0 Å². The number of nitrogens with zero attached hydrogens (tertiary/aromatic N) is 2. The molecule has 3 fully saturated rings. The van der Waals surface area contributed by atoms with Crippen LogP contribution in [0.2, 0.25) is 5.02 Å². The van der Waals surface area contributed by atoms with Crippen LogP contribution in [-0.2, 0) is 11.2 Å². The molecule has 1 unspecified atom stereocenters. The molecule has 154 valence electrons. The average molecular weight is 407 g/mol. The maximum absolute atomic E-state index is 12.0. The molecule has 0 spiro atoms. The lowest BCUT2D eigenvalue weighted by Gasteiger charge is -2.33. The molecule has 1 atom stereocenters. The van der Waals surface area contributed by atoms with Gasteiger partial charge in [0.15, 0.2) is 0 Å². The van der Waals surface area contributed by atoms with Gasteiger partial charge in [-0.15, -0.1) is 0 Å². The number of carbonyl (C=O) groups excluding carboxylic acids is 1. The number of hydrogen-bond donors (Lipinski definition) is 0. The van der Waals surface area contributed by atoms with Crippen molar-refractivity contribution in [2.75, 3.05) is 39.3 Å². The Morgan fingerprint density at radius 3 is 2.64 bits per heavy atom. The molecule has 1 amide bonds. The highest BCUT2D eigenvalue weighted by Gasteiger charge is 2.36. The van der Waals surface area contributed by atoms with Crippen LogP contribution in [0.25, 0.3) is 0 Å². The van der Waals surface area contributed by atoms with Gasteiger partial charge >= 0.3 is 6.09 Å². The third kappa shape index (κ3) is 5.12. The van der Waals surface area contributed by atoms with Crippen LogP contribution in [0.3, 0.4) is 0 Å². The largest absolute Gasteiger partial charge is 0.494 e. The van der Waals surface area contributed by atoms with Gasteiger partial charge in [-0.3, -0.25) is 4.90 Å². The van der Waals surface area contributed by atoms with E-state index in [1.165, 1.54) is 18.4 Å². The highest BCUT2D eigenvalue weighted by Crippen LogP contribution is 2.32. The van der Waals surface area contributed by atoms with Crippen LogP contribution in [0.4, 0.5) is 4.79 Å². The number of halogens is 1. The van der Waals surface area contributed by atoms with Crippen LogP contribution in [0.5, 0.6) is 5.75 Å². The lowest BCUT2D eigenvalue weighted by molar-refractivity contribution is 0.0904. The van der Waals surface area contributed by atoms with Crippen LogP contribution in [-0.4, -0.2) is 61.3 Å². The number of ether oxygens (including phenoxy) is 2. The molecule has 2 heterocycles. The summed E-state index contributed by atoms with van der Waals surface area (Å²) in [5.74, 6) is 2.26. The van der Waals surface area contributed by atoms with E-state index in [1.54, 1.807) is 0 Å². The molecule has 2 aliphatic heterocycles. The summed E-state index contributed by atoms with van der Waals surface area (Å²) in [6, 6.07) is 5.97. The first kappa shape index (κ1) is 19.8. The summed E-state index contributed by atoms with van der Waals surface area (Å²) in [7, 11) is 0. The van der Waals surface area contributed by atoms with Gasteiger partial charge in [-0.1, -0.05) is 11.6 Å². The van der Waals surface area contributed by atoms with Gasteiger partial charge in [0, 0.05) is 18.1 Å². The van der Waals surface area contributed by atoms with Crippen LogP contribution in [0.1, 0.15) is 38.2 Å². The lowest BCUT2D eigenvalue weighted by atomic mass is 9.90. The topological polar surface area (TPSA) is 42.0 Å². The number of cyclic esters (lactones) is 1. The number of amides is 1. The number of likely N-dealkylation sites (tertiary alicyclic amines) is 1. The number of benzene rings is 1. The Balaban J connectivity index is 1.23. The minimum absolute atomic E-state index is 0.0279. The predicted octanol–water partition coefficient (Wildman–Crippen LogP) is 4.22. The molecule has 1 saturated carbocycles. The first-order valence-electron chi connectivity index (χ1n) is 10.7. The van der Waals surface area contributed by atoms with Gasteiger partial charge in [-0.2, -0.15) is 0 Å². The van der Waals surface area contributed by atoms with Crippen molar-refractivity contribution >= 4 is 17.7 Å². The third-order valence-corrected chi connectivity index (χ3v) is 6.50. The second-order valence-electron chi connectivity index (χ2n) is 8.49. The molecule has 0 N–H and O–H groups in total. The predicted molar refractivity (Wildman–Crippen MR) is 110 cm³/mol. The molecule has 1 aliphatic carbocycles. The van der Waals surface area contributed by atoms with Crippen molar-refractivity contribution in [2.45, 2.75) is 45.1 Å². The Morgan fingerprint density at radius 1 is 1.14 bits per heavy atom. The van der Waals surface area contributed by atoms with E-state index in [1.807, 2.05) is 24.0 Å². The van der Waals surface area contributed by atoms with Crippen LogP contribution < -0.4 is 4.74 Å². The van der Waals surface area contributed by atoms with E-state index in [4.69, 9.17) is 21.1 Å². The highest BCUT2D eigenvalue weighted by molar-refractivity contribution is 6.31. The van der Waals surface area contributed by atoms with Gasteiger partial charge < -0.3 is 14.4 Å². The maximum atomic E-state index is 12.0. The van der Waals surface area contributed by atoms with E-state index in [-0.39, 0.29) is 12.2 Å². The fraction of sp³-hybridized carbons (Fsp3) is 0.682. The molecule has 0 bridgehead atoms. The summed E-state index contributed by atoms with van der Waals surface area (Å²) in [6.45, 7) is 7.29. The minimum atomic E-state index is -0.115. The van der Waals surface area contributed by atoms with Gasteiger partial charge in [-0.25, -0.2) is 4.79 Å². The number of carbonyl (C=O) groups is 1. The number of rotatable bonds is 8. The Bertz CT molecular complexity index is 686. The zero-order chi connectivity index (χ0) is 19.5.